The van der Waals surface area contributed by atoms with Gasteiger partial charge in [0, 0.05) is 6.20 Å². The highest BCUT2D eigenvalue weighted by molar-refractivity contribution is 5.84. The first kappa shape index (κ1) is 8.47. The van der Waals surface area contributed by atoms with Gasteiger partial charge in [-0.3, -0.25) is 0 Å². The SMILES string of the molecule is Nc1nccc2c1ncn2C1C=CCC1. The summed E-state index contributed by atoms with van der Waals surface area (Å²) >= 11 is 0. The Kier molecular flexibility index (Phi) is 1.74. The summed E-state index contributed by atoms with van der Waals surface area (Å²) in [4.78, 5) is 8.34. The average molecular weight is 200 g/mol. The molecular formula is C11H12N4. The number of anilines is 1. The van der Waals surface area contributed by atoms with E-state index in [9.17, 15) is 0 Å². The van der Waals surface area contributed by atoms with E-state index in [4.69, 9.17) is 5.73 Å². The highest BCUT2D eigenvalue weighted by Gasteiger charge is 2.14. The monoisotopic (exact) mass is 200 g/mol. The summed E-state index contributed by atoms with van der Waals surface area (Å²) < 4.78 is 2.16. The quantitative estimate of drug-likeness (QED) is 0.715. The maximum Gasteiger partial charge on any atom is 0.151 e. The minimum Gasteiger partial charge on any atom is -0.382 e. The van der Waals surface area contributed by atoms with Gasteiger partial charge < -0.3 is 10.3 Å². The van der Waals surface area contributed by atoms with Crippen LogP contribution < -0.4 is 5.73 Å². The van der Waals surface area contributed by atoms with Gasteiger partial charge in [-0.2, -0.15) is 0 Å². The molecule has 0 spiro atoms. The van der Waals surface area contributed by atoms with Crippen molar-refractivity contribution >= 4 is 16.9 Å². The molecule has 0 saturated carbocycles. The summed E-state index contributed by atoms with van der Waals surface area (Å²) in [6, 6.07) is 2.39. The normalized spacial score (nSPS) is 20.1. The van der Waals surface area contributed by atoms with E-state index in [2.05, 4.69) is 26.7 Å². The molecule has 0 bridgehead atoms. The van der Waals surface area contributed by atoms with Crippen molar-refractivity contribution in [2.24, 2.45) is 0 Å². The highest BCUT2D eigenvalue weighted by atomic mass is 15.1. The molecule has 0 aromatic carbocycles. The molecule has 4 nitrogen and oxygen atoms in total. The van der Waals surface area contributed by atoms with E-state index >= 15 is 0 Å². The number of hydrogen-bond donors (Lipinski definition) is 1. The maximum absolute atomic E-state index is 5.76. The third-order valence-corrected chi connectivity index (χ3v) is 2.87. The molecule has 0 fully saturated rings. The second-order valence-electron chi connectivity index (χ2n) is 3.79. The zero-order chi connectivity index (χ0) is 10.3. The molecule has 1 aliphatic carbocycles. The number of fused-ring (bicyclic) bond motifs is 1. The van der Waals surface area contributed by atoms with Crippen molar-refractivity contribution < 1.29 is 0 Å². The fourth-order valence-corrected chi connectivity index (χ4v) is 2.09. The molecule has 3 rings (SSSR count). The molecule has 0 radical (unpaired) electrons. The lowest BCUT2D eigenvalue weighted by Gasteiger charge is -2.10. The summed E-state index contributed by atoms with van der Waals surface area (Å²) in [5.41, 5.74) is 7.64. The van der Waals surface area contributed by atoms with Crippen LogP contribution in [-0.2, 0) is 0 Å². The van der Waals surface area contributed by atoms with Crippen LogP contribution in [0.1, 0.15) is 18.9 Å². The number of nitrogens with zero attached hydrogens (tertiary/aromatic N) is 3. The molecule has 1 atom stereocenters. The molecule has 0 amide bonds. The van der Waals surface area contributed by atoms with Gasteiger partial charge in [0.2, 0.25) is 0 Å². The van der Waals surface area contributed by atoms with Gasteiger partial charge in [-0.05, 0) is 18.9 Å². The van der Waals surface area contributed by atoms with Gasteiger partial charge in [-0.15, -0.1) is 0 Å². The molecule has 2 aromatic rings. The van der Waals surface area contributed by atoms with Crippen LogP contribution in [0.25, 0.3) is 11.0 Å². The van der Waals surface area contributed by atoms with Crippen LogP contribution >= 0.6 is 0 Å². The Hall–Kier alpha value is -1.84. The Morgan fingerprint density at radius 1 is 1.40 bits per heavy atom. The summed E-state index contributed by atoms with van der Waals surface area (Å²) in [5, 5.41) is 0. The molecule has 2 N–H and O–H groups in total. The van der Waals surface area contributed by atoms with Gasteiger partial charge in [-0.25, -0.2) is 9.97 Å². The lowest BCUT2D eigenvalue weighted by atomic mass is 10.2. The second kappa shape index (κ2) is 3.08. The van der Waals surface area contributed by atoms with Crippen molar-refractivity contribution in [3.63, 3.8) is 0 Å². The minimum atomic E-state index is 0.428. The molecule has 4 heteroatoms. The molecule has 2 aromatic heterocycles. The number of imidazole rings is 1. The lowest BCUT2D eigenvalue weighted by Crippen LogP contribution is -2.02. The van der Waals surface area contributed by atoms with Crippen molar-refractivity contribution in [3.05, 3.63) is 30.7 Å². The largest absolute Gasteiger partial charge is 0.382 e. The third kappa shape index (κ3) is 1.21. The number of nitrogens with two attached hydrogens (primary N) is 1. The van der Waals surface area contributed by atoms with Crippen LogP contribution in [0.15, 0.2) is 30.7 Å². The van der Waals surface area contributed by atoms with E-state index in [-0.39, 0.29) is 0 Å². The van der Waals surface area contributed by atoms with Crippen molar-refractivity contribution in [2.45, 2.75) is 18.9 Å². The number of rotatable bonds is 1. The average Bonchev–Trinajstić information content (AvgIpc) is 2.85. The molecule has 15 heavy (non-hydrogen) atoms. The fraction of sp³-hybridized carbons (Fsp3) is 0.273. The van der Waals surface area contributed by atoms with Gasteiger partial charge in [0.25, 0.3) is 0 Å². The maximum atomic E-state index is 5.76. The summed E-state index contributed by atoms with van der Waals surface area (Å²) in [6.07, 6.45) is 10.3. The summed E-state index contributed by atoms with van der Waals surface area (Å²) in [6.45, 7) is 0. The molecule has 0 saturated heterocycles. The second-order valence-corrected chi connectivity index (χ2v) is 3.79. The van der Waals surface area contributed by atoms with E-state index in [1.165, 1.54) is 0 Å². The van der Waals surface area contributed by atoms with Crippen LogP contribution in [0.3, 0.4) is 0 Å². The van der Waals surface area contributed by atoms with Gasteiger partial charge >= 0.3 is 0 Å². The number of nitrogen functional groups attached to an aromatic ring is 1. The van der Waals surface area contributed by atoms with Crippen molar-refractivity contribution in [1.29, 1.82) is 0 Å². The third-order valence-electron chi connectivity index (χ3n) is 2.87. The van der Waals surface area contributed by atoms with Crippen LogP contribution in [0.2, 0.25) is 0 Å². The van der Waals surface area contributed by atoms with Gasteiger partial charge in [0.05, 0.1) is 17.9 Å². The number of pyridine rings is 1. The molecule has 0 aliphatic heterocycles. The van der Waals surface area contributed by atoms with Crippen molar-refractivity contribution in [3.8, 4) is 0 Å². The lowest BCUT2D eigenvalue weighted by molar-refractivity contribution is 0.606. The molecular weight excluding hydrogens is 188 g/mol. The van der Waals surface area contributed by atoms with E-state index < -0.39 is 0 Å². The van der Waals surface area contributed by atoms with Crippen molar-refractivity contribution in [2.75, 3.05) is 5.73 Å². The van der Waals surface area contributed by atoms with E-state index in [0.717, 1.165) is 23.9 Å². The first-order valence-corrected chi connectivity index (χ1v) is 5.10. The standard InChI is InChI=1S/C11H12N4/c12-11-10-9(5-6-13-11)15(7-14-10)8-3-1-2-4-8/h1,3,5-8H,2,4H2,(H2,12,13). The Morgan fingerprint density at radius 2 is 2.33 bits per heavy atom. The molecule has 1 unspecified atom stereocenters. The van der Waals surface area contributed by atoms with Crippen LogP contribution in [0, 0.1) is 0 Å². The highest BCUT2D eigenvalue weighted by Crippen LogP contribution is 2.27. The zero-order valence-corrected chi connectivity index (χ0v) is 8.30. The number of hydrogen-bond acceptors (Lipinski definition) is 3. The van der Waals surface area contributed by atoms with Crippen LogP contribution in [0.5, 0.6) is 0 Å². The smallest absolute Gasteiger partial charge is 0.151 e. The van der Waals surface area contributed by atoms with E-state index in [1.54, 1.807) is 6.20 Å². The first-order valence-electron chi connectivity index (χ1n) is 5.10. The van der Waals surface area contributed by atoms with Crippen LogP contribution in [0.4, 0.5) is 5.82 Å². The molecule has 76 valence electrons. The Morgan fingerprint density at radius 3 is 3.13 bits per heavy atom. The van der Waals surface area contributed by atoms with E-state index in [0.29, 0.717) is 11.9 Å². The minimum absolute atomic E-state index is 0.428. The Labute approximate surface area is 87.4 Å². The topological polar surface area (TPSA) is 56.7 Å². The predicted molar refractivity (Wildman–Crippen MR) is 59.4 cm³/mol. The van der Waals surface area contributed by atoms with E-state index in [1.807, 2.05) is 12.4 Å². The number of allylic oxidation sites excluding steroid dienone is 2. The zero-order valence-electron chi connectivity index (χ0n) is 8.30. The molecule has 2 heterocycles. The van der Waals surface area contributed by atoms with Gasteiger partial charge in [0.15, 0.2) is 5.82 Å². The van der Waals surface area contributed by atoms with Crippen molar-refractivity contribution in [1.82, 2.24) is 14.5 Å². The summed E-state index contributed by atoms with van der Waals surface area (Å²) in [7, 11) is 0. The predicted octanol–water partition coefficient (Wildman–Crippen LogP) is 1.90. The summed E-state index contributed by atoms with van der Waals surface area (Å²) in [5.74, 6) is 0.508. The Bertz CT molecular complexity index is 526. The fourth-order valence-electron chi connectivity index (χ4n) is 2.09. The number of aromatic nitrogens is 3. The Balaban J connectivity index is 2.19. The van der Waals surface area contributed by atoms with Crippen LogP contribution in [-0.4, -0.2) is 14.5 Å². The van der Waals surface area contributed by atoms with Gasteiger partial charge in [-0.1, -0.05) is 12.2 Å². The van der Waals surface area contributed by atoms with Gasteiger partial charge in [0.1, 0.15) is 5.52 Å². The molecule has 1 aliphatic rings. The first-order chi connectivity index (χ1) is 7.36.